The van der Waals surface area contributed by atoms with Crippen molar-refractivity contribution in [1.82, 2.24) is 9.13 Å². The molecule has 7 nitrogen and oxygen atoms in total. The SMILES string of the molecule is Cn1c(=O)c2cc(O)c(=O)oc2n(C)c1=O. The van der Waals surface area contributed by atoms with E-state index in [1.54, 1.807) is 0 Å². The van der Waals surface area contributed by atoms with Gasteiger partial charge in [0, 0.05) is 20.2 Å². The van der Waals surface area contributed by atoms with Crippen molar-refractivity contribution < 1.29 is 9.52 Å². The molecule has 0 aliphatic heterocycles. The maximum atomic E-state index is 11.6. The Morgan fingerprint density at radius 2 is 1.81 bits per heavy atom. The van der Waals surface area contributed by atoms with E-state index in [1.165, 1.54) is 14.1 Å². The van der Waals surface area contributed by atoms with Gasteiger partial charge in [0.05, 0.1) is 0 Å². The Morgan fingerprint density at radius 3 is 2.44 bits per heavy atom. The lowest BCUT2D eigenvalue weighted by Gasteiger charge is -2.04. The van der Waals surface area contributed by atoms with Crippen molar-refractivity contribution in [3.05, 3.63) is 37.3 Å². The second kappa shape index (κ2) is 3.09. The molecule has 84 valence electrons. The molecule has 0 aliphatic rings. The molecule has 2 aromatic heterocycles. The molecule has 16 heavy (non-hydrogen) atoms. The number of rotatable bonds is 0. The fourth-order valence-corrected chi connectivity index (χ4v) is 1.43. The number of fused-ring (bicyclic) bond motifs is 1. The summed E-state index contributed by atoms with van der Waals surface area (Å²) >= 11 is 0. The van der Waals surface area contributed by atoms with Crippen LogP contribution in [0.25, 0.3) is 11.1 Å². The van der Waals surface area contributed by atoms with Gasteiger partial charge in [-0.15, -0.1) is 0 Å². The summed E-state index contributed by atoms with van der Waals surface area (Å²) in [5, 5.41) is 9.12. The van der Waals surface area contributed by atoms with Gasteiger partial charge in [0.1, 0.15) is 5.39 Å². The Labute approximate surface area is 87.8 Å². The molecule has 0 atom stereocenters. The lowest BCUT2D eigenvalue weighted by atomic mass is 10.3. The Morgan fingerprint density at radius 1 is 1.19 bits per heavy atom. The molecule has 0 bridgehead atoms. The molecule has 0 saturated carbocycles. The Balaban J connectivity index is 3.22. The van der Waals surface area contributed by atoms with Crippen LogP contribution in [0.15, 0.2) is 24.9 Å². The monoisotopic (exact) mass is 224 g/mol. The second-order valence-electron chi connectivity index (χ2n) is 3.34. The van der Waals surface area contributed by atoms with E-state index in [-0.39, 0.29) is 11.1 Å². The van der Waals surface area contributed by atoms with Gasteiger partial charge >= 0.3 is 11.3 Å². The van der Waals surface area contributed by atoms with E-state index in [0.717, 1.165) is 15.2 Å². The van der Waals surface area contributed by atoms with E-state index in [9.17, 15) is 14.4 Å². The minimum Gasteiger partial charge on any atom is -0.502 e. The van der Waals surface area contributed by atoms with Crippen LogP contribution in [-0.2, 0) is 14.1 Å². The number of aromatic hydroxyl groups is 1. The van der Waals surface area contributed by atoms with E-state index in [2.05, 4.69) is 4.42 Å². The Bertz CT molecular complexity index is 749. The fourth-order valence-electron chi connectivity index (χ4n) is 1.43. The van der Waals surface area contributed by atoms with Gasteiger partial charge in [0.2, 0.25) is 11.5 Å². The summed E-state index contributed by atoms with van der Waals surface area (Å²) < 4.78 is 6.57. The zero-order valence-electron chi connectivity index (χ0n) is 8.55. The average Bonchev–Trinajstić information content (AvgIpc) is 2.26. The predicted octanol–water partition coefficient (Wildman–Crippen LogP) is -1.10. The van der Waals surface area contributed by atoms with Gasteiger partial charge in [-0.2, -0.15) is 0 Å². The van der Waals surface area contributed by atoms with Crippen molar-refractivity contribution in [3.8, 4) is 5.75 Å². The van der Waals surface area contributed by atoms with Crippen LogP contribution in [0.4, 0.5) is 0 Å². The molecule has 0 unspecified atom stereocenters. The Kier molecular flexibility index (Phi) is 1.97. The number of nitrogens with zero attached hydrogens (tertiary/aromatic N) is 2. The first-order chi connectivity index (χ1) is 7.43. The first kappa shape index (κ1) is 10.2. The minimum atomic E-state index is -0.990. The third-order valence-electron chi connectivity index (χ3n) is 2.32. The summed E-state index contributed by atoms with van der Waals surface area (Å²) in [7, 11) is 2.66. The van der Waals surface area contributed by atoms with Crippen molar-refractivity contribution in [1.29, 1.82) is 0 Å². The summed E-state index contributed by atoms with van der Waals surface area (Å²) in [6.07, 6.45) is 0. The largest absolute Gasteiger partial charge is 0.502 e. The van der Waals surface area contributed by atoms with Crippen molar-refractivity contribution in [2.45, 2.75) is 0 Å². The van der Waals surface area contributed by atoms with Crippen LogP contribution in [0.1, 0.15) is 0 Å². The zero-order chi connectivity index (χ0) is 12.0. The molecule has 0 spiro atoms. The van der Waals surface area contributed by atoms with E-state index in [1.807, 2.05) is 0 Å². The van der Waals surface area contributed by atoms with Crippen LogP contribution in [0.2, 0.25) is 0 Å². The van der Waals surface area contributed by atoms with Crippen molar-refractivity contribution in [2.24, 2.45) is 14.1 Å². The van der Waals surface area contributed by atoms with Gasteiger partial charge in [-0.3, -0.25) is 13.9 Å². The smallest absolute Gasteiger partial charge is 0.380 e. The highest BCUT2D eigenvalue weighted by Gasteiger charge is 2.13. The van der Waals surface area contributed by atoms with Gasteiger partial charge < -0.3 is 9.52 Å². The van der Waals surface area contributed by atoms with Crippen LogP contribution in [0, 0.1) is 0 Å². The van der Waals surface area contributed by atoms with Crippen LogP contribution in [-0.4, -0.2) is 14.2 Å². The first-order valence-electron chi connectivity index (χ1n) is 4.36. The molecule has 0 amide bonds. The van der Waals surface area contributed by atoms with E-state index >= 15 is 0 Å². The number of aryl methyl sites for hydroxylation is 1. The van der Waals surface area contributed by atoms with Crippen molar-refractivity contribution in [3.63, 3.8) is 0 Å². The number of hydrogen-bond donors (Lipinski definition) is 1. The van der Waals surface area contributed by atoms with Gasteiger partial charge in [0.15, 0.2) is 0 Å². The molecule has 2 heterocycles. The molecule has 0 fully saturated rings. The molecule has 0 radical (unpaired) electrons. The summed E-state index contributed by atoms with van der Waals surface area (Å²) in [6.45, 7) is 0. The Hall–Kier alpha value is -2.31. The molecule has 0 aliphatic carbocycles. The molecule has 1 N–H and O–H groups in total. The molecule has 0 saturated heterocycles. The minimum absolute atomic E-state index is 0.0262. The number of aromatic nitrogens is 2. The fraction of sp³-hybridized carbons (Fsp3) is 0.222. The summed E-state index contributed by atoms with van der Waals surface area (Å²) in [6, 6.07) is 0.989. The molecule has 2 rings (SSSR count). The highest BCUT2D eigenvalue weighted by Crippen LogP contribution is 2.09. The third-order valence-corrected chi connectivity index (χ3v) is 2.32. The molecular formula is C9H8N2O5. The van der Waals surface area contributed by atoms with Crippen LogP contribution >= 0.6 is 0 Å². The maximum absolute atomic E-state index is 11.6. The molecular weight excluding hydrogens is 216 g/mol. The second-order valence-corrected chi connectivity index (χ2v) is 3.34. The first-order valence-corrected chi connectivity index (χ1v) is 4.36. The van der Waals surface area contributed by atoms with Crippen molar-refractivity contribution >= 4 is 11.1 Å². The van der Waals surface area contributed by atoms with E-state index in [0.29, 0.717) is 0 Å². The van der Waals surface area contributed by atoms with Gasteiger partial charge in [-0.05, 0) is 0 Å². The standard InChI is InChI=1S/C9H8N2O5/c1-10-6(13)4-3-5(12)8(14)16-7(4)11(2)9(10)15/h3,12H,1-2H3. The van der Waals surface area contributed by atoms with E-state index in [4.69, 9.17) is 5.11 Å². The summed E-state index contributed by atoms with van der Waals surface area (Å²) in [5.74, 6) is -0.664. The molecule has 2 aromatic rings. The summed E-state index contributed by atoms with van der Waals surface area (Å²) in [5.41, 5.74) is -2.38. The summed E-state index contributed by atoms with van der Waals surface area (Å²) in [4.78, 5) is 34.2. The molecule has 0 aromatic carbocycles. The number of hydrogen-bond acceptors (Lipinski definition) is 5. The highest BCUT2D eigenvalue weighted by molar-refractivity contribution is 5.72. The predicted molar refractivity (Wildman–Crippen MR) is 54.6 cm³/mol. The molecule has 7 heteroatoms. The lowest BCUT2D eigenvalue weighted by molar-refractivity contribution is 0.419. The maximum Gasteiger partial charge on any atom is 0.380 e. The van der Waals surface area contributed by atoms with E-state index < -0.39 is 22.6 Å². The topological polar surface area (TPSA) is 94.4 Å². The van der Waals surface area contributed by atoms with Crippen LogP contribution in [0.3, 0.4) is 0 Å². The average molecular weight is 224 g/mol. The van der Waals surface area contributed by atoms with Crippen LogP contribution in [0.5, 0.6) is 5.75 Å². The normalized spacial score (nSPS) is 10.9. The van der Waals surface area contributed by atoms with Gasteiger partial charge in [0.25, 0.3) is 5.56 Å². The van der Waals surface area contributed by atoms with Gasteiger partial charge in [-0.1, -0.05) is 0 Å². The van der Waals surface area contributed by atoms with Crippen LogP contribution < -0.4 is 16.9 Å². The zero-order valence-corrected chi connectivity index (χ0v) is 8.55. The third kappa shape index (κ3) is 1.18. The lowest BCUT2D eigenvalue weighted by Crippen LogP contribution is -2.37. The van der Waals surface area contributed by atoms with Crippen molar-refractivity contribution in [2.75, 3.05) is 0 Å². The quantitative estimate of drug-likeness (QED) is 0.612. The highest BCUT2D eigenvalue weighted by atomic mass is 16.4. The van der Waals surface area contributed by atoms with Gasteiger partial charge in [-0.25, -0.2) is 9.59 Å².